The molecule has 0 bridgehead atoms. The topological polar surface area (TPSA) is 35.5 Å². The van der Waals surface area contributed by atoms with Gasteiger partial charge >= 0.3 is 175 Å². The van der Waals surface area contributed by atoms with Crippen molar-refractivity contribution in [2.75, 3.05) is 0 Å². The standard InChI is InChI=1S/C12H9O3.3C4H9.Sn/c1-3-10(13-6-1)9-5-8-15-12(9)11-4-2-7-14-11;3*1-3-4-2;/h1-3,5-8H,4H2;3*1,3-4H2,2H3;. The molecular formula is C24H36O3Sn. The molecule has 2 aromatic rings. The number of unbranched alkanes of at least 4 members (excludes halogenated alkanes) is 3. The van der Waals surface area contributed by atoms with Crippen LogP contribution in [0.1, 0.15) is 71.5 Å². The number of rotatable bonds is 12. The average Bonchev–Trinajstić information content (AvgIpc) is 3.48. The Morgan fingerprint density at radius 2 is 1.57 bits per heavy atom. The molecule has 154 valence electrons. The average molecular weight is 491 g/mol. The van der Waals surface area contributed by atoms with E-state index in [-0.39, 0.29) is 3.62 Å². The van der Waals surface area contributed by atoms with Gasteiger partial charge in [-0.25, -0.2) is 0 Å². The molecule has 1 aliphatic rings. The molecule has 0 aliphatic carbocycles. The minimum atomic E-state index is -2.82. The first-order valence-corrected chi connectivity index (χ1v) is 18.7. The van der Waals surface area contributed by atoms with Crippen LogP contribution in [-0.4, -0.2) is 18.4 Å². The Labute approximate surface area is 174 Å². The molecule has 1 aliphatic heterocycles. The van der Waals surface area contributed by atoms with Gasteiger partial charge in [-0.3, -0.25) is 0 Å². The van der Waals surface area contributed by atoms with Gasteiger partial charge in [-0.2, -0.15) is 0 Å². The van der Waals surface area contributed by atoms with E-state index in [0.717, 1.165) is 23.5 Å². The number of furan rings is 2. The molecule has 0 spiro atoms. The van der Waals surface area contributed by atoms with Gasteiger partial charge in [0, 0.05) is 0 Å². The Morgan fingerprint density at radius 1 is 0.893 bits per heavy atom. The third-order valence-corrected chi connectivity index (χ3v) is 24.2. The van der Waals surface area contributed by atoms with Crippen molar-refractivity contribution in [3.63, 3.8) is 0 Å². The van der Waals surface area contributed by atoms with Crippen LogP contribution in [0.15, 0.2) is 51.9 Å². The van der Waals surface area contributed by atoms with Crippen LogP contribution in [0, 0.1) is 0 Å². The molecule has 3 nitrogen and oxygen atoms in total. The summed E-state index contributed by atoms with van der Waals surface area (Å²) < 4.78 is 22.6. The van der Waals surface area contributed by atoms with E-state index in [1.807, 2.05) is 24.7 Å². The van der Waals surface area contributed by atoms with Crippen LogP contribution in [0.5, 0.6) is 0 Å². The van der Waals surface area contributed by atoms with Gasteiger partial charge in [-0.05, 0) is 0 Å². The van der Waals surface area contributed by atoms with Crippen LogP contribution in [0.3, 0.4) is 0 Å². The molecule has 3 rings (SSSR count). The Kier molecular flexibility index (Phi) is 7.78. The van der Waals surface area contributed by atoms with Crippen molar-refractivity contribution in [1.82, 2.24) is 0 Å². The summed E-state index contributed by atoms with van der Waals surface area (Å²) in [5.41, 5.74) is 1.08. The third kappa shape index (κ3) is 4.10. The van der Waals surface area contributed by atoms with Crippen LogP contribution < -0.4 is 0 Å². The second-order valence-corrected chi connectivity index (χ2v) is 22.1. The summed E-state index contributed by atoms with van der Waals surface area (Å²) in [5, 5.41) is 0. The predicted molar refractivity (Wildman–Crippen MR) is 118 cm³/mol. The third-order valence-electron chi connectivity index (χ3n) is 6.47. The second kappa shape index (κ2) is 10.1. The molecule has 3 heterocycles. The zero-order valence-corrected chi connectivity index (χ0v) is 20.7. The van der Waals surface area contributed by atoms with Crippen molar-refractivity contribution >= 4 is 18.4 Å². The predicted octanol–water partition coefficient (Wildman–Crippen LogP) is 8.06. The van der Waals surface area contributed by atoms with Crippen molar-refractivity contribution in [3.8, 4) is 11.3 Å². The SMILES string of the molecule is CCC[CH2][Sn]([CH2]CCC)([CH2]CCC)[C]1(c2occc2-c2ccco2)CC=CO1. The van der Waals surface area contributed by atoms with Gasteiger partial charge in [-0.1, -0.05) is 0 Å². The quantitative estimate of drug-likeness (QED) is 0.282. The number of hydrogen-bond acceptors (Lipinski definition) is 3. The van der Waals surface area contributed by atoms with E-state index in [2.05, 4.69) is 32.9 Å². The number of hydrogen-bond donors (Lipinski definition) is 0. The van der Waals surface area contributed by atoms with Crippen LogP contribution in [0.2, 0.25) is 13.3 Å². The molecule has 1 unspecified atom stereocenters. The van der Waals surface area contributed by atoms with Crippen molar-refractivity contribution in [2.24, 2.45) is 0 Å². The maximum absolute atomic E-state index is 6.66. The zero-order chi connectivity index (χ0) is 19.9. The molecule has 1 atom stereocenters. The fourth-order valence-electron chi connectivity index (χ4n) is 4.93. The fourth-order valence-corrected chi connectivity index (χ4v) is 23.8. The van der Waals surface area contributed by atoms with Crippen molar-refractivity contribution in [1.29, 1.82) is 0 Å². The van der Waals surface area contributed by atoms with E-state index in [1.165, 1.54) is 51.8 Å². The molecule has 0 aromatic carbocycles. The summed E-state index contributed by atoms with van der Waals surface area (Å²) in [6.07, 6.45) is 16.4. The van der Waals surface area contributed by atoms with Crippen LogP contribution in [0.25, 0.3) is 11.3 Å². The number of ether oxygens (including phenoxy) is 1. The molecular weight excluding hydrogens is 455 g/mol. The fraction of sp³-hybridized carbons (Fsp3) is 0.583. The molecule has 0 amide bonds. The summed E-state index contributed by atoms with van der Waals surface area (Å²) in [6.45, 7) is 6.95. The van der Waals surface area contributed by atoms with E-state index in [1.54, 1.807) is 6.26 Å². The summed E-state index contributed by atoms with van der Waals surface area (Å²) >= 11 is -2.82. The van der Waals surface area contributed by atoms with E-state index in [0.29, 0.717) is 0 Å². The summed E-state index contributed by atoms with van der Waals surface area (Å²) in [7, 11) is 0. The summed E-state index contributed by atoms with van der Waals surface area (Å²) in [5.74, 6) is 1.92. The van der Waals surface area contributed by atoms with E-state index in [4.69, 9.17) is 13.6 Å². The summed E-state index contributed by atoms with van der Waals surface area (Å²) in [4.78, 5) is 0. The van der Waals surface area contributed by atoms with Gasteiger partial charge in [0.2, 0.25) is 0 Å². The van der Waals surface area contributed by atoms with E-state index >= 15 is 0 Å². The van der Waals surface area contributed by atoms with Gasteiger partial charge in [0.1, 0.15) is 0 Å². The Morgan fingerprint density at radius 3 is 2.07 bits per heavy atom. The molecule has 0 saturated carbocycles. The first-order chi connectivity index (χ1) is 13.7. The van der Waals surface area contributed by atoms with Crippen molar-refractivity contribution in [3.05, 3.63) is 48.8 Å². The van der Waals surface area contributed by atoms with Gasteiger partial charge in [0.05, 0.1) is 0 Å². The zero-order valence-electron chi connectivity index (χ0n) is 17.8. The summed E-state index contributed by atoms with van der Waals surface area (Å²) in [6, 6.07) is 6.05. The van der Waals surface area contributed by atoms with Crippen molar-refractivity contribution < 1.29 is 13.6 Å². The van der Waals surface area contributed by atoms with Crippen LogP contribution >= 0.6 is 0 Å². The monoisotopic (exact) mass is 492 g/mol. The van der Waals surface area contributed by atoms with Crippen LogP contribution in [-0.2, 0) is 8.35 Å². The molecule has 0 radical (unpaired) electrons. The first kappa shape index (κ1) is 21.6. The molecule has 0 fully saturated rings. The minimum absolute atomic E-state index is 0.236. The van der Waals surface area contributed by atoms with E-state index < -0.39 is 18.4 Å². The Bertz CT molecular complexity index is 699. The Hall–Kier alpha value is -1.10. The first-order valence-electron chi connectivity index (χ1n) is 11.2. The van der Waals surface area contributed by atoms with Gasteiger partial charge in [0.25, 0.3) is 0 Å². The van der Waals surface area contributed by atoms with Gasteiger partial charge in [0.15, 0.2) is 0 Å². The molecule has 2 aromatic heterocycles. The molecule has 0 N–H and O–H groups in total. The second-order valence-electron chi connectivity index (χ2n) is 8.25. The Balaban J connectivity index is 2.11. The normalized spacial score (nSPS) is 19.2. The van der Waals surface area contributed by atoms with E-state index in [9.17, 15) is 0 Å². The van der Waals surface area contributed by atoms with Crippen LogP contribution in [0.4, 0.5) is 0 Å². The van der Waals surface area contributed by atoms with Gasteiger partial charge in [-0.15, -0.1) is 0 Å². The molecule has 28 heavy (non-hydrogen) atoms. The molecule has 4 heteroatoms. The van der Waals surface area contributed by atoms with Crippen molar-refractivity contribution in [2.45, 2.75) is 82.6 Å². The molecule has 0 saturated heterocycles. The van der Waals surface area contributed by atoms with Gasteiger partial charge < -0.3 is 0 Å². The maximum atomic E-state index is 6.66.